The van der Waals surface area contributed by atoms with Crippen LogP contribution in [0.5, 0.6) is 0 Å². The third-order valence-electron chi connectivity index (χ3n) is 2.10. The minimum absolute atomic E-state index is 0. The maximum absolute atomic E-state index is 10.0. The van der Waals surface area contributed by atoms with Gasteiger partial charge in [-0.15, -0.1) is 0 Å². The second-order valence-electron chi connectivity index (χ2n) is 3.53. The first kappa shape index (κ1) is 18.7. The molecule has 6 heteroatoms. The van der Waals surface area contributed by atoms with E-state index in [9.17, 15) is 9.90 Å². The van der Waals surface area contributed by atoms with Gasteiger partial charge in [-0.05, 0) is 32.2 Å². The fourth-order valence-electron chi connectivity index (χ4n) is 1.14. The molecule has 4 N–H and O–H groups in total. The zero-order valence-corrected chi connectivity index (χ0v) is 12.1. The average molecular weight is 240 g/mol. The van der Waals surface area contributed by atoms with Crippen LogP contribution in [0.1, 0.15) is 32.1 Å². The summed E-state index contributed by atoms with van der Waals surface area (Å²) in [5.41, 5.74) is 10.3. The van der Waals surface area contributed by atoms with Crippen LogP contribution in [-0.2, 0) is 9.53 Å². The number of ether oxygens (including phenoxy) is 1. The molecule has 1 atom stereocenters. The molecule has 1 aliphatic heterocycles. The van der Waals surface area contributed by atoms with Crippen molar-refractivity contribution in [2.45, 2.75) is 38.1 Å². The number of carboxylic acid groups (broad SMARTS) is 1. The predicted molar refractivity (Wildman–Crippen MR) is 55.9 cm³/mol. The first-order chi connectivity index (χ1) is 7.18. The van der Waals surface area contributed by atoms with Crippen molar-refractivity contribution in [1.82, 2.24) is 0 Å². The van der Waals surface area contributed by atoms with Crippen molar-refractivity contribution in [2.75, 3.05) is 19.8 Å². The zero-order valence-electron chi connectivity index (χ0n) is 10.1. The van der Waals surface area contributed by atoms with Gasteiger partial charge in [0.2, 0.25) is 0 Å². The Kier molecular flexibility index (Phi) is 15.7. The van der Waals surface area contributed by atoms with Crippen molar-refractivity contribution >= 4 is 5.97 Å². The van der Waals surface area contributed by atoms with E-state index < -0.39 is 12.0 Å². The Balaban J connectivity index is 0. The molecule has 16 heavy (non-hydrogen) atoms. The van der Waals surface area contributed by atoms with Crippen molar-refractivity contribution in [3.63, 3.8) is 0 Å². The number of aliphatic carboxylic acids is 1. The first-order valence-electron chi connectivity index (χ1n) is 5.42. The number of rotatable bonds is 5. The van der Waals surface area contributed by atoms with E-state index in [1.165, 1.54) is 12.8 Å². The van der Waals surface area contributed by atoms with Gasteiger partial charge in [-0.25, -0.2) is 0 Å². The van der Waals surface area contributed by atoms with E-state index in [0.29, 0.717) is 13.0 Å². The van der Waals surface area contributed by atoms with Gasteiger partial charge in [0, 0.05) is 19.3 Å². The summed E-state index contributed by atoms with van der Waals surface area (Å²) in [4.78, 5) is 10.0. The molecule has 90 valence electrons. The maximum Gasteiger partial charge on any atom is 1.00 e. The molecule has 1 heterocycles. The summed E-state index contributed by atoms with van der Waals surface area (Å²) < 4.78 is 4.94. The van der Waals surface area contributed by atoms with Crippen LogP contribution >= 0.6 is 0 Å². The number of nitrogens with two attached hydrogens (primary N) is 2. The van der Waals surface area contributed by atoms with E-state index in [0.717, 1.165) is 26.1 Å². The molecule has 1 fully saturated rings. The molecule has 0 saturated carbocycles. The largest absolute Gasteiger partial charge is 1.00 e. The van der Waals surface area contributed by atoms with Crippen molar-refractivity contribution in [1.29, 1.82) is 0 Å². The van der Waals surface area contributed by atoms with Crippen LogP contribution in [0, 0.1) is 0 Å². The van der Waals surface area contributed by atoms with E-state index in [-0.39, 0.29) is 29.6 Å². The van der Waals surface area contributed by atoms with E-state index in [2.05, 4.69) is 0 Å². The molecule has 0 aliphatic carbocycles. The van der Waals surface area contributed by atoms with Gasteiger partial charge in [-0.1, -0.05) is 6.42 Å². The fourth-order valence-corrected chi connectivity index (χ4v) is 1.14. The molecule has 0 aromatic rings. The number of unbranched alkanes of at least 4 members (excludes halogenated alkanes) is 1. The number of hydrogen-bond donors (Lipinski definition) is 2. The summed E-state index contributed by atoms with van der Waals surface area (Å²) in [5, 5.41) is 10.0. The second-order valence-corrected chi connectivity index (χ2v) is 3.53. The molecule has 5 nitrogen and oxygen atoms in total. The topological polar surface area (TPSA) is 101 Å². The summed E-state index contributed by atoms with van der Waals surface area (Å²) in [6, 6.07) is -0.827. The molecule has 0 aromatic heterocycles. The SMILES string of the molecule is C1CCOC1.NCCCC[C@H](N)C(=O)[O-].[Na+]. The van der Waals surface area contributed by atoms with Crippen molar-refractivity contribution in [3.05, 3.63) is 0 Å². The molecule has 0 aromatic carbocycles. The third kappa shape index (κ3) is 12.4. The van der Waals surface area contributed by atoms with Gasteiger partial charge in [0.25, 0.3) is 0 Å². The first-order valence-corrected chi connectivity index (χ1v) is 5.42. The van der Waals surface area contributed by atoms with Crippen LogP contribution in [-0.4, -0.2) is 31.8 Å². The van der Waals surface area contributed by atoms with Gasteiger partial charge in [-0.3, -0.25) is 0 Å². The fraction of sp³-hybridized carbons (Fsp3) is 0.900. The Hall–Kier alpha value is 0.350. The number of carbonyl (C=O) groups excluding carboxylic acids is 1. The normalized spacial score (nSPS) is 15.6. The van der Waals surface area contributed by atoms with Gasteiger partial charge >= 0.3 is 29.6 Å². The molecule has 0 spiro atoms. The van der Waals surface area contributed by atoms with Gasteiger partial charge in [0.15, 0.2) is 0 Å². The van der Waals surface area contributed by atoms with Crippen LogP contribution in [0.25, 0.3) is 0 Å². The Morgan fingerprint density at radius 3 is 2.19 bits per heavy atom. The Morgan fingerprint density at radius 2 is 1.88 bits per heavy atom. The van der Waals surface area contributed by atoms with Crippen molar-refractivity contribution in [3.8, 4) is 0 Å². The van der Waals surface area contributed by atoms with E-state index >= 15 is 0 Å². The molecule has 0 unspecified atom stereocenters. The minimum atomic E-state index is -1.18. The number of carboxylic acids is 1. The molecule has 1 rings (SSSR count). The Labute approximate surface area is 119 Å². The molecule has 0 bridgehead atoms. The molecule has 0 amide bonds. The smallest absolute Gasteiger partial charge is 0.548 e. The third-order valence-corrected chi connectivity index (χ3v) is 2.10. The van der Waals surface area contributed by atoms with Crippen LogP contribution < -0.4 is 46.1 Å². The van der Waals surface area contributed by atoms with Crippen LogP contribution in [0.15, 0.2) is 0 Å². The van der Waals surface area contributed by atoms with Crippen LogP contribution in [0.3, 0.4) is 0 Å². The van der Waals surface area contributed by atoms with Gasteiger partial charge < -0.3 is 26.1 Å². The van der Waals surface area contributed by atoms with Crippen LogP contribution in [0.4, 0.5) is 0 Å². The molecular weight excluding hydrogens is 219 g/mol. The number of hydrogen-bond acceptors (Lipinski definition) is 5. The van der Waals surface area contributed by atoms with Crippen LogP contribution in [0.2, 0.25) is 0 Å². The van der Waals surface area contributed by atoms with Gasteiger partial charge in [0.1, 0.15) is 0 Å². The summed E-state index contributed by atoms with van der Waals surface area (Å²) in [6.45, 7) is 2.58. The van der Waals surface area contributed by atoms with Gasteiger partial charge in [0.05, 0.1) is 5.97 Å². The van der Waals surface area contributed by atoms with Crippen molar-refractivity contribution < 1.29 is 44.2 Å². The molecule has 1 saturated heterocycles. The summed E-state index contributed by atoms with van der Waals surface area (Å²) >= 11 is 0. The number of carbonyl (C=O) groups is 1. The minimum Gasteiger partial charge on any atom is -0.548 e. The average Bonchev–Trinajstić information content (AvgIpc) is 2.75. The second kappa shape index (κ2) is 13.4. The molecular formula is C10H21N2NaO3. The monoisotopic (exact) mass is 240 g/mol. The van der Waals surface area contributed by atoms with Gasteiger partial charge in [-0.2, -0.15) is 0 Å². The Bertz CT molecular complexity index is 159. The molecule has 0 radical (unpaired) electrons. The summed E-state index contributed by atoms with van der Waals surface area (Å²) in [6.07, 6.45) is 4.59. The zero-order chi connectivity index (χ0) is 11.5. The summed E-state index contributed by atoms with van der Waals surface area (Å²) in [5.74, 6) is -1.18. The maximum atomic E-state index is 10.0. The standard InChI is InChI=1S/C6H14N2O2.C4H8O.Na/c7-4-2-1-3-5(8)6(9)10;1-2-4-5-3-1;/h5H,1-4,7-8H2,(H,9,10);1-4H2;/q;;+1/p-1/t5-;;/m0../s1. The molecule has 1 aliphatic rings. The van der Waals surface area contributed by atoms with E-state index in [1.807, 2.05) is 0 Å². The Morgan fingerprint density at radius 1 is 1.31 bits per heavy atom. The summed E-state index contributed by atoms with van der Waals surface area (Å²) in [7, 11) is 0. The quantitative estimate of drug-likeness (QED) is 0.377. The van der Waals surface area contributed by atoms with Crippen molar-refractivity contribution in [2.24, 2.45) is 11.5 Å². The van der Waals surface area contributed by atoms with E-state index in [4.69, 9.17) is 16.2 Å². The van der Waals surface area contributed by atoms with E-state index in [1.54, 1.807) is 0 Å². The predicted octanol–water partition coefficient (Wildman–Crippen LogP) is -4.01.